The molecule has 8 heteroatoms. The highest BCUT2D eigenvalue weighted by Gasteiger charge is 2.10. The average Bonchev–Trinajstić information content (AvgIpc) is 3.19. The Hall–Kier alpha value is -2.64. The molecule has 0 saturated carbocycles. The molecule has 1 atom stereocenters. The predicted octanol–water partition coefficient (Wildman–Crippen LogP) is 0.851. The van der Waals surface area contributed by atoms with Crippen LogP contribution in [-0.2, 0) is 0 Å². The van der Waals surface area contributed by atoms with Crippen molar-refractivity contribution >= 4 is 11.8 Å². The maximum atomic E-state index is 11.8. The van der Waals surface area contributed by atoms with Crippen molar-refractivity contribution in [3.63, 3.8) is 0 Å². The third-order valence-electron chi connectivity index (χ3n) is 3.22. The zero-order valence-corrected chi connectivity index (χ0v) is 12.4. The van der Waals surface area contributed by atoms with E-state index in [1.165, 1.54) is 0 Å². The van der Waals surface area contributed by atoms with Gasteiger partial charge in [-0.15, -0.1) is 0 Å². The van der Waals surface area contributed by atoms with Gasteiger partial charge >= 0.3 is 0 Å². The number of aromatic nitrogens is 4. The van der Waals surface area contributed by atoms with Crippen molar-refractivity contribution in [1.29, 1.82) is 0 Å². The lowest BCUT2D eigenvalue weighted by molar-refractivity contribution is 0.0931. The molecule has 0 aliphatic rings. The van der Waals surface area contributed by atoms with Gasteiger partial charge in [0.15, 0.2) is 0 Å². The Bertz CT molecular complexity index is 579. The summed E-state index contributed by atoms with van der Waals surface area (Å²) in [6, 6.07) is 3.33. The maximum Gasteiger partial charge on any atom is 0.269 e. The SMILES string of the molecule is CC(CCCCNC(=O)c1ccn[nH]1)NC(=O)c1ccn[nH]1. The number of nitrogens with zero attached hydrogens (tertiary/aromatic N) is 2. The number of carbonyl (C=O) groups excluding carboxylic acids is 2. The summed E-state index contributed by atoms with van der Waals surface area (Å²) < 4.78 is 0. The lowest BCUT2D eigenvalue weighted by Gasteiger charge is -2.13. The van der Waals surface area contributed by atoms with Crippen LogP contribution in [0.4, 0.5) is 0 Å². The van der Waals surface area contributed by atoms with Gasteiger partial charge in [-0.05, 0) is 38.3 Å². The first-order valence-corrected chi connectivity index (χ1v) is 7.24. The second-order valence-electron chi connectivity index (χ2n) is 5.07. The summed E-state index contributed by atoms with van der Waals surface area (Å²) in [5.41, 5.74) is 0.916. The summed E-state index contributed by atoms with van der Waals surface area (Å²) in [6.07, 6.45) is 5.69. The van der Waals surface area contributed by atoms with Crippen LogP contribution in [0.2, 0.25) is 0 Å². The average molecular weight is 304 g/mol. The van der Waals surface area contributed by atoms with Crippen molar-refractivity contribution < 1.29 is 9.59 Å². The van der Waals surface area contributed by atoms with Crippen LogP contribution in [0.5, 0.6) is 0 Å². The topological polar surface area (TPSA) is 116 Å². The normalized spacial score (nSPS) is 11.9. The van der Waals surface area contributed by atoms with E-state index in [-0.39, 0.29) is 17.9 Å². The highest BCUT2D eigenvalue weighted by Crippen LogP contribution is 2.02. The van der Waals surface area contributed by atoms with Gasteiger partial charge in [-0.25, -0.2) is 0 Å². The van der Waals surface area contributed by atoms with Gasteiger partial charge in [0.25, 0.3) is 11.8 Å². The van der Waals surface area contributed by atoms with Crippen molar-refractivity contribution in [2.75, 3.05) is 6.54 Å². The number of hydrogen-bond acceptors (Lipinski definition) is 4. The molecule has 0 aliphatic carbocycles. The number of amides is 2. The van der Waals surface area contributed by atoms with E-state index in [1.807, 2.05) is 6.92 Å². The highest BCUT2D eigenvalue weighted by atomic mass is 16.2. The number of hydrogen-bond donors (Lipinski definition) is 4. The molecule has 0 aromatic carbocycles. The number of nitrogens with one attached hydrogen (secondary N) is 4. The summed E-state index contributed by atoms with van der Waals surface area (Å²) in [4.78, 5) is 23.4. The fourth-order valence-electron chi connectivity index (χ4n) is 2.01. The van der Waals surface area contributed by atoms with Crippen molar-refractivity contribution in [2.24, 2.45) is 0 Å². The van der Waals surface area contributed by atoms with E-state index in [1.54, 1.807) is 24.5 Å². The number of rotatable bonds is 8. The molecular formula is C14H20N6O2. The summed E-state index contributed by atoms with van der Waals surface area (Å²) in [5, 5.41) is 18.4. The van der Waals surface area contributed by atoms with E-state index in [0.29, 0.717) is 17.9 Å². The molecule has 1 unspecified atom stereocenters. The largest absolute Gasteiger partial charge is 0.351 e. The van der Waals surface area contributed by atoms with Crippen LogP contribution in [0, 0.1) is 0 Å². The molecule has 2 rings (SSSR count). The minimum absolute atomic E-state index is 0.0686. The first-order chi connectivity index (χ1) is 10.7. The second-order valence-corrected chi connectivity index (χ2v) is 5.07. The first kappa shape index (κ1) is 15.7. The van der Waals surface area contributed by atoms with E-state index in [4.69, 9.17) is 0 Å². The van der Waals surface area contributed by atoms with Crippen molar-refractivity contribution in [3.05, 3.63) is 35.9 Å². The fourth-order valence-corrected chi connectivity index (χ4v) is 2.01. The summed E-state index contributed by atoms with van der Waals surface area (Å²) in [7, 11) is 0. The fraction of sp³-hybridized carbons (Fsp3) is 0.429. The monoisotopic (exact) mass is 304 g/mol. The molecule has 4 N–H and O–H groups in total. The zero-order chi connectivity index (χ0) is 15.8. The van der Waals surface area contributed by atoms with Crippen LogP contribution >= 0.6 is 0 Å². The van der Waals surface area contributed by atoms with Crippen molar-refractivity contribution in [3.8, 4) is 0 Å². The third-order valence-corrected chi connectivity index (χ3v) is 3.22. The van der Waals surface area contributed by atoms with E-state index in [0.717, 1.165) is 19.3 Å². The first-order valence-electron chi connectivity index (χ1n) is 7.24. The van der Waals surface area contributed by atoms with Crippen LogP contribution in [0.25, 0.3) is 0 Å². The molecule has 0 radical (unpaired) electrons. The number of aromatic amines is 2. The Kier molecular flexibility index (Phi) is 5.70. The van der Waals surface area contributed by atoms with Crippen LogP contribution in [-0.4, -0.2) is 44.8 Å². The molecule has 0 aliphatic heterocycles. The van der Waals surface area contributed by atoms with E-state index in [2.05, 4.69) is 31.0 Å². The zero-order valence-electron chi connectivity index (χ0n) is 12.4. The van der Waals surface area contributed by atoms with Gasteiger partial charge in [-0.3, -0.25) is 19.8 Å². The molecule has 2 aromatic heterocycles. The third kappa shape index (κ3) is 4.72. The number of carbonyl (C=O) groups is 2. The van der Waals surface area contributed by atoms with Gasteiger partial charge < -0.3 is 10.6 Å². The molecule has 0 bridgehead atoms. The molecule has 118 valence electrons. The molecule has 0 saturated heterocycles. The van der Waals surface area contributed by atoms with Gasteiger partial charge in [0.1, 0.15) is 11.4 Å². The van der Waals surface area contributed by atoms with Gasteiger partial charge in [-0.1, -0.05) is 0 Å². The minimum atomic E-state index is -0.155. The minimum Gasteiger partial charge on any atom is -0.351 e. The Morgan fingerprint density at radius 1 is 1.09 bits per heavy atom. The van der Waals surface area contributed by atoms with Crippen LogP contribution < -0.4 is 10.6 Å². The lowest BCUT2D eigenvalue weighted by Crippen LogP contribution is -2.33. The highest BCUT2D eigenvalue weighted by molar-refractivity contribution is 5.92. The Morgan fingerprint density at radius 2 is 1.73 bits per heavy atom. The second kappa shape index (κ2) is 7.96. The number of H-pyrrole nitrogens is 2. The van der Waals surface area contributed by atoms with Gasteiger partial charge in [0.05, 0.1) is 0 Å². The van der Waals surface area contributed by atoms with Gasteiger partial charge in [-0.2, -0.15) is 10.2 Å². The Morgan fingerprint density at radius 3 is 2.32 bits per heavy atom. The summed E-state index contributed by atoms with van der Waals surface area (Å²) in [5.74, 6) is -0.310. The quantitative estimate of drug-likeness (QED) is 0.541. The Balaban J connectivity index is 1.56. The van der Waals surface area contributed by atoms with E-state index >= 15 is 0 Å². The maximum absolute atomic E-state index is 11.8. The number of unbranched alkanes of at least 4 members (excludes halogenated alkanes) is 1. The van der Waals surface area contributed by atoms with Crippen LogP contribution in [0.15, 0.2) is 24.5 Å². The van der Waals surface area contributed by atoms with Gasteiger partial charge in [0.2, 0.25) is 0 Å². The molecule has 2 heterocycles. The summed E-state index contributed by atoms with van der Waals surface area (Å²) in [6.45, 7) is 2.55. The van der Waals surface area contributed by atoms with Crippen LogP contribution in [0.3, 0.4) is 0 Å². The molecule has 2 aromatic rings. The molecular weight excluding hydrogens is 284 g/mol. The standard InChI is InChI=1S/C14H20N6O2/c1-10(18-14(22)12-6-9-17-20-12)4-2-3-7-15-13(21)11-5-8-16-19-11/h5-6,8-10H,2-4,7H2,1H3,(H,15,21)(H,16,19)(H,17,20)(H,18,22). The Labute approximate surface area is 128 Å². The molecule has 0 fully saturated rings. The van der Waals surface area contributed by atoms with E-state index in [9.17, 15) is 9.59 Å². The molecule has 0 spiro atoms. The van der Waals surface area contributed by atoms with E-state index < -0.39 is 0 Å². The predicted molar refractivity (Wildman–Crippen MR) is 80.3 cm³/mol. The summed E-state index contributed by atoms with van der Waals surface area (Å²) >= 11 is 0. The van der Waals surface area contributed by atoms with Crippen molar-refractivity contribution in [1.82, 2.24) is 31.0 Å². The molecule has 8 nitrogen and oxygen atoms in total. The van der Waals surface area contributed by atoms with Gasteiger partial charge in [0, 0.05) is 25.0 Å². The molecule has 2 amide bonds. The van der Waals surface area contributed by atoms with Crippen LogP contribution in [0.1, 0.15) is 47.2 Å². The van der Waals surface area contributed by atoms with Crippen molar-refractivity contribution in [2.45, 2.75) is 32.2 Å². The molecule has 22 heavy (non-hydrogen) atoms. The lowest BCUT2D eigenvalue weighted by atomic mass is 10.1. The smallest absolute Gasteiger partial charge is 0.269 e.